The first-order valence-electron chi connectivity index (χ1n) is 4.32. The summed E-state index contributed by atoms with van der Waals surface area (Å²) in [6, 6.07) is 0. The van der Waals surface area contributed by atoms with Crippen LogP contribution in [0.25, 0.3) is 0 Å². The Morgan fingerprint density at radius 3 is 2.33 bits per heavy atom. The second-order valence-corrected chi connectivity index (χ2v) is 3.57. The zero-order valence-corrected chi connectivity index (χ0v) is 8.42. The Bertz CT molecular complexity index is 195. The molecular weight excluding hydrogens is 148 g/mol. The molecule has 0 rings (SSSR count). The second kappa shape index (κ2) is 5.76. The van der Waals surface area contributed by atoms with Crippen molar-refractivity contribution in [2.45, 2.75) is 34.1 Å². The first-order chi connectivity index (χ1) is 5.56. The number of hydrogen-bond donors (Lipinski definition) is 0. The number of aldehydes is 1. The molecule has 0 aromatic carbocycles. The molecule has 1 atom stereocenters. The number of rotatable bonds is 4. The van der Waals surface area contributed by atoms with E-state index >= 15 is 0 Å². The molecule has 12 heavy (non-hydrogen) atoms. The Hall–Kier alpha value is -0.850. The molecule has 0 spiro atoms. The first-order valence-corrected chi connectivity index (χ1v) is 4.32. The molecule has 0 bridgehead atoms. The molecule has 1 nitrogen and oxygen atoms in total. The van der Waals surface area contributed by atoms with E-state index in [9.17, 15) is 4.79 Å². The van der Waals surface area contributed by atoms with Crippen molar-refractivity contribution in [1.82, 2.24) is 0 Å². The molecule has 0 saturated carbocycles. The quantitative estimate of drug-likeness (QED) is 0.356. The minimum Gasteiger partial charge on any atom is -0.299 e. The normalized spacial score (nSPS) is 13.8. The van der Waals surface area contributed by atoms with Gasteiger partial charge < -0.3 is 0 Å². The van der Waals surface area contributed by atoms with Gasteiger partial charge in [-0.1, -0.05) is 24.1 Å². The third-order valence-electron chi connectivity index (χ3n) is 1.61. The van der Waals surface area contributed by atoms with Crippen LogP contribution in [-0.4, -0.2) is 6.29 Å². The Morgan fingerprint density at radius 1 is 1.33 bits per heavy atom. The molecular formula is C11H18O. The summed E-state index contributed by atoms with van der Waals surface area (Å²) in [4.78, 5) is 10.1. The maximum absolute atomic E-state index is 10.1. The summed E-state index contributed by atoms with van der Waals surface area (Å²) in [5, 5.41) is 0. The van der Waals surface area contributed by atoms with E-state index in [0.29, 0.717) is 5.92 Å². The monoisotopic (exact) mass is 166 g/mol. The average Bonchev–Trinajstić information content (AvgIpc) is 1.84. The van der Waals surface area contributed by atoms with Crippen molar-refractivity contribution < 1.29 is 4.79 Å². The summed E-state index contributed by atoms with van der Waals surface area (Å²) >= 11 is 0. The van der Waals surface area contributed by atoms with Gasteiger partial charge in [0.2, 0.25) is 0 Å². The fourth-order valence-corrected chi connectivity index (χ4v) is 1.32. The largest absolute Gasteiger partial charge is 0.299 e. The van der Waals surface area contributed by atoms with Gasteiger partial charge in [-0.15, -0.1) is 0 Å². The topological polar surface area (TPSA) is 17.1 Å². The molecule has 0 N–H and O–H groups in total. The lowest BCUT2D eigenvalue weighted by Gasteiger charge is -2.06. The van der Waals surface area contributed by atoms with Crippen LogP contribution in [0.3, 0.4) is 0 Å². The van der Waals surface area contributed by atoms with E-state index in [1.165, 1.54) is 5.57 Å². The molecule has 68 valence electrons. The Labute approximate surface area is 75.2 Å². The zero-order chi connectivity index (χ0) is 9.56. The molecule has 0 aliphatic rings. The van der Waals surface area contributed by atoms with Crippen LogP contribution in [0.1, 0.15) is 34.1 Å². The number of allylic oxidation sites excluding steroid dienone is 4. The predicted molar refractivity (Wildman–Crippen MR) is 53.0 cm³/mol. The summed E-state index contributed by atoms with van der Waals surface area (Å²) in [6.07, 6.45) is 5.69. The van der Waals surface area contributed by atoms with Gasteiger partial charge in [-0.3, -0.25) is 4.79 Å². The molecule has 0 heterocycles. The van der Waals surface area contributed by atoms with Crippen LogP contribution in [0.15, 0.2) is 23.3 Å². The lowest BCUT2D eigenvalue weighted by molar-refractivity contribution is -0.104. The van der Waals surface area contributed by atoms with E-state index in [1.54, 1.807) is 6.08 Å². The maximum Gasteiger partial charge on any atom is 0.142 e. The Balaban J connectivity index is 4.00. The summed E-state index contributed by atoms with van der Waals surface area (Å²) in [6.45, 7) is 8.34. The van der Waals surface area contributed by atoms with E-state index in [4.69, 9.17) is 0 Å². The van der Waals surface area contributed by atoms with Crippen LogP contribution in [0.4, 0.5) is 0 Å². The maximum atomic E-state index is 10.1. The van der Waals surface area contributed by atoms with E-state index in [1.807, 2.05) is 6.92 Å². The van der Waals surface area contributed by atoms with Crippen molar-refractivity contribution in [3.63, 3.8) is 0 Å². The highest BCUT2D eigenvalue weighted by molar-refractivity contribution is 5.65. The van der Waals surface area contributed by atoms with Crippen LogP contribution in [0.2, 0.25) is 0 Å². The second-order valence-electron chi connectivity index (χ2n) is 3.57. The van der Waals surface area contributed by atoms with Crippen LogP contribution in [0.5, 0.6) is 0 Å². The van der Waals surface area contributed by atoms with Crippen LogP contribution >= 0.6 is 0 Å². The molecule has 1 unspecified atom stereocenters. The van der Waals surface area contributed by atoms with Crippen molar-refractivity contribution in [1.29, 1.82) is 0 Å². The highest BCUT2D eigenvalue weighted by atomic mass is 16.1. The first kappa shape index (κ1) is 11.2. The molecule has 0 radical (unpaired) electrons. The highest BCUT2D eigenvalue weighted by Gasteiger charge is 1.98. The Morgan fingerprint density at radius 2 is 1.92 bits per heavy atom. The number of carbonyl (C=O) groups excluding carboxylic acids is 1. The van der Waals surface area contributed by atoms with Gasteiger partial charge in [0, 0.05) is 0 Å². The van der Waals surface area contributed by atoms with Crippen LogP contribution in [0, 0.1) is 5.92 Å². The molecule has 0 amide bonds. The minimum atomic E-state index is 0.534. The fraction of sp³-hybridized carbons (Fsp3) is 0.545. The predicted octanol–water partition coefficient (Wildman–Crippen LogP) is 3.12. The van der Waals surface area contributed by atoms with Gasteiger partial charge in [-0.05, 0) is 39.2 Å². The van der Waals surface area contributed by atoms with Crippen molar-refractivity contribution in [2.75, 3.05) is 0 Å². The Kier molecular flexibility index (Phi) is 5.35. The van der Waals surface area contributed by atoms with E-state index in [2.05, 4.69) is 26.8 Å². The van der Waals surface area contributed by atoms with Gasteiger partial charge in [0.05, 0.1) is 0 Å². The third-order valence-corrected chi connectivity index (χ3v) is 1.61. The smallest absolute Gasteiger partial charge is 0.142 e. The highest BCUT2D eigenvalue weighted by Crippen LogP contribution is 2.13. The number of hydrogen-bond acceptors (Lipinski definition) is 1. The van der Waals surface area contributed by atoms with Gasteiger partial charge in [-0.25, -0.2) is 0 Å². The minimum absolute atomic E-state index is 0.534. The molecule has 0 aromatic rings. The van der Waals surface area contributed by atoms with Gasteiger partial charge in [-0.2, -0.15) is 0 Å². The van der Waals surface area contributed by atoms with Crippen molar-refractivity contribution >= 4 is 6.29 Å². The SMILES string of the molecule is CC(C)=CC(C)CC(C)=CC=O. The van der Waals surface area contributed by atoms with E-state index < -0.39 is 0 Å². The van der Waals surface area contributed by atoms with Crippen molar-refractivity contribution in [3.05, 3.63) is 23.3 Å². The lowest BCUT2D eigenvalue weighted by Crippen LogP contribution is -1.91. The van der Waals surface area contributed by atoms with Gasteiger partial charge in [0.15, 0.2) is 0 Å². The summed E-state index contributed by atoms with van der Waals surface area (Å²) in [7, 11) is 0. The molecule has 0 aromatic heterocycles. The summed E-state index contributed by atoms with van der Waals surface area (Å²) < 4.78 is 0. The standard InChI is InChI=1S/C11H18O/c1-9(2)7-11(4)8-10(3)5-6-12/h5-7,11H,8H2,1-4H3. The van der Waals surface area contributed by atoms with E-state index in [0.717, 1.165) is 18.3 Å². The van der Waals surface area contributed by atoms with Gasteiger partial charge in [0.1, 0.15) is 6.29 Å². The molecule has 0 fully saturated rings. The third kappa shape index (κ3) is 5.90. The summed E-state index contributed by atoms with van der Waals surface area (Å²) in [5.74, 6) is 0.534. The molecule has 0 aliphatic heterocycles. The summed E-state index contributed by atoms with van der Waals surface area (Å²) in [5.41, 5.74) is 2.48. The van der Waals surface area contributed by atoms with E-state index in [-0.39, 0.29) is 0 Å². The van der Waals surface area contributed by atoms with Gasteiger partial charge in [0.25, 0.3) is 0 Å². The van der Waals surface area contributed by atoms with Crippen LogP contribution in [-0.2, 0) is 4.79 Å². The van der Waals surface area contributed by atoms with Crippen molar-refractivity contribution in [2.24, 2.45) is 5.92 Å². The molecule has 0 aliphatic carbocycles. The zero-order valence-electron chi connectivity index (χ0n) is 8.42. The van der Waals surface area contributed by atoms with Crippen LogP contribution < -0.4 is 0 Å². The molecule has 0 saturated heterocycles. The average molecular weight is 166 g/mol. The lowest BCUT2D eigenvalue weighted by atomic mass is 10.00. The van der Waals surface area contributed by atoms with Crippen molar-refractivity contribution in [3.8, 4) is 0 Å². The molecule has 1 heteroatoms. The van der Waals surface area contributed by atoms with Gasteiger partial charge >= 0.3 is 0 Å². The fourth-order valence-electron chi connectivity index (χ4n) is 1.32. The number of carbonyl (C=O) groups is 1.